The molecule has 1 aromatic carbocycles. The zero-order valence-electron chi connectivity index (χ0n) is 15.8. The van der Waals surface area contributed by atoms with Crippen LogP contribution in [-0.2, 0) is 20.6 Å². The number of benzene rings is 1. The third kappa shape index (κ3) is 3.93. The van der Waals surface area contributed by atoms with Gasteiger partial charge in [-0.05, 0) is 51.6 Å². The Morgan fingerprint density at radius 3 is 2.08 bits per heavy atom. The van der Waals surface area contributed by atoms with Gasteiger partial charge in [0.1, 0.15) is 0 Å². The molecule has 2 N–H and O–H groups in total. The van der Waals surface area contributed by atoms with Gasteiger partial charge in [-0.15, -0.1) is 0 Å². The minimum atomic E-state index is -0.328. The molecular formula is C19H30BNO4. The summed E-state index contributed by atoms with van der Waals surface area (Å²) in [6.45, 7) is 10.5. The highest BCUT2D eigenvalue weighted by Crippen LogP contribution is 2.36. The lowest BCUT2D eigenvalue weighted by Crippen LogP contribution is -2.51. The minimum absolute atomic E-state index is 0.141. The van der Waals surface area contributed by atoms with E-state index in [1.807, 2.05) is 0 Å². The summed E-state index contributed by atoms with van der Waals surface area (Å²) in [5, 5.41) is 13.3. The van der Waals surface area contributed by atoms with E-state index in [-0.39, 0.29) is 30.5 Å². The van der Waals surface area contributed by atoms with Gasteiger partial charge in [0.15, 0.2) is 0 Å². The molecule has 0 amide bonds. The molecule has 5 nitrogen and oxygen atoms in total. The van der Waals surface area contributed by atoms with Crippen LogP contribution in [0.15, 0.2) is 24.3 Å². The monoisotopic (exact) mass is 347 g/mol. The van der Waals surface area contributed by atoms with Crippen molar-refractivity contribution in [1.29, 1.82) is 0 Å². The summed E-state index contributed by atoms with van der Waals surface area (Å²) in [5.41, 5.74) is 1.34. The van der Waals surface area contributed by atoms with Crippen molar-refractivity contribution in [2.75, 3.05) is 19.8 Å². The molecule has 0 aliphatic carbocycles. The number of hydrogen-bond donors (Lipinski definition) is 2. The van der Waals surface area contributed by atoms with E-state index in [4.69, 9.17) is 14.0 Å². The van der Waals surface area contributed by atoms with Crippen LogP contribution in [-0.4, -0.2) is 48.8 Å². The third-order valence-electron chi connectivity index (χ3n) is 5.93. The van der Waals surface area contributed by atoms with Gasteiger partial charge >= 0.3 is 7.12 Å². The Kier molecular flexibility index (Phi) is 5.29. The first kappa shape index (κ1) is 18.9. The number of rotatable bonds is 5. The molecule has 2 fully saturated rings. The molecule has 0 atom stereocenters. The normalized spacial score (nSPS) is 24.4. The maximum Gasteiger partial charge on any atom is 0.494 e. The summed E-state index contributed by atoms with van der Waals surface area (Å²) in [6.07, 6.45) is 1.69. The van der Waals surface area contributed by atoms with Crippen molar-refractivity contribution in [3.05, 3.63) is 29.8 Å². The van der Waals surface area contributed by atoms with Gasteiger partial charge in [-0.2, -0.15) is 0 Å². The lowest BCUT2D eigenvalue weighted by Gasteiger charge is -2.36. The number of hydrogen-bond acceptors (Lipinski definition) is 5. The number of aliphatic hydroxyl groups is 1. The van der Waals surface area contributed by atoms with Crippen LogP contribution >= 0.6 is 0 Å². The molecule has 0 radical (unpaired) electrons. The van der Waals surface area contributed by atoms with Gasteiger partial charge in [0.05, 0.1) is 17.8 Å². The van der Waals surface area contributed by atoms with Crippen LogP contribution in [0.3, 0.4) is 0 Å². The van der Waals surface area contributed by atoms with Gasteiger partial charge in [-0.1, -0.05) is 24.3 Å². The zero-order valence-corrected chi connectivity index (χ0v) is 15.8. The molecule has 0 saturated carbocycles. The molecule has 1 aromatic rings. The lowest BCUT2D eigenvalue weighted by atomic mass is 9.79. The zero-order chi connectivity index (χ0) is 18.1. The summed E-state index contributed by atoms with van der Waals surface area (Å²) in [6, 6.07) is 8.32. The lowest BCUT2D eigenvalue weighted by molar-refractivity contribution is 0.00578. The van der Waals surface area contributed by atoms with Gasteiger partial charge in [-0.25, -0.2) is 0 Å². The Balaban J connectivity index is 1.61. The molecule has 0 bridgehead atoms. The highest BCUT2D eigenvalue weighted by Gasteiger charge is 2.51. The second kappa shape index (κ2) is 7.01. The van der Waals surface area contributed by atoms with Crippen molar-refractivity contribution < 1.29 is 19.2 Å². The van der Waals surface area contributed by atoms with Crippen LogP contribution in [0.1, 0.15) is 46.1 Å². The second-order valence-electron chi connectivity index (χ2n) is 8.23. The second-order valence-corrected chi connectivity index (χ2v) is 8.23. The Hall–Kier alpha value is -0.915. The molecule has 3 rings (SSSR count). The number of ether oxygens (including phenoxy) is 1. The van der Waals surface area contributed by atoms with E-state index in [2.05, 4.69) is 57.3 Å². The van der Waals surface area contributed by atoms with Gasteiger partial charge < -0.3 is 24.5 Å². The van der Waals surface area contributed by atoms with Crippen LogP contribution in [0, 0.1) is 0 Å². The van der Waals surface area contributed by atoms with Crippen molar-refractivity contribution >= 4 is 12.6 Å². The van der Waals surface area contributed by atoms with E-state index < -0.39 is 0 Å². The van der Waals surface area contributed by atoms with E-state index in [1.54, 1.807) is 0 Å². The van der Waals surface area contributed by atoms with Gasteiger partial charge in [0, 0.05) is 25.3 Å². The fourth-order valence-corrected chi connectivity index (χ4v) is 3.21. The van der Waals surface area contributed by atoms with Gasteiger partial charge in [0.2, 0.25) is 0 Å². The first-order chi connectivity index (χ1) is 11.8. The van der Waals surface area contributed by atoms with Crippen molar-refractivity contribution in [3.63, 3.8) is 0 Å². The average molecular weight is 347 g/mol. The topological polar surface area (TPSA) is 60.0 Å². The standard InChI is InChI=1S/C19H30BNO4/c1-17(2)18(3,4)25-20(24-17)16-7-5-15(6-8-16)13-21-19(14-22)9-11-23-12-10-19/h5-8,21-22H,9-14H2,1-4H3. The Bertz CT molecular complexity index is 566. The highest BCUT2D eigenvalue weighted by atomic mass is 16.7. The quantitative estimate of drug-likeness (QED) is 0.793. The molecule has 138 valence electrons. The molecule has 6 heteroatoms. The molecule has 0 aromatic heterocycles. The van der Waals surface area contributed by atoms with Crippen LogP contribution in [0.25, 0.3) is 0 Å². The van der Waals surface area contributed by atoms with Crippen LogP contribution in [0.5, 0.6) is 0 Å². The highest BCUT2D eigenvalue weighted by molar-refractivity contribution is 6.62. The first-order valence-electron chi connectivity index (χ1n) is 9.15. The maximum absolute atomic E-state index is 9.75. The largest absolute Gasteiger partial charge is 0.494 e. The molecule has 2 heterocycles. The van der Waals surface area contributed by atoms with Crippen molar-refractivity contribution in [2.45, 2.75) is 63.8 Å². The minimum Gasteiger partial charge on any atom is -0.399 e. The van der Waals surface area contributed by atoms with Crippen molar-refractivity contribution in [3.8, 4) is 0 Å². The average Bonchev–Trinajstić information content (AvgIpc) is 2.82. The summed E-state index contributed by atoms with van der Waals surface area (Å²) in [4.78, 5) is 0. The van der Waals surface area contributed by atoms with Crippen molar-refractivity contribution in [1.82, 2.24) is 5.32 Å². The van der Waals surface area contributed by atoms with E-state index in [0.717, 1.165) is 24.8 Å². The van der Waals surface area contributed by atoms with Gasteiger partial charge in [0.25, 0.3) is 0 Å². The molecule has 2 saturated heterocycles. The number of aliphatic hydroxyl groups excluding tert-OH is 1. The van der Waals surface area contributed by atoms with Crippen LogP contribution in [0.4, 0.5) is 0 Å². The van der Waals surface area contributed by atoms with E-state index >= 15 is 0 Å². The van der Waals surface area contributed by atoms with E-state index in [9.17, 15) is 5.11 Å². The van der Waals surface area contributed by atoms with Crippen LogP contribution in [0.2, 0.25) is 0 Å². The summed E-state index contributed by atoms with van der Waals surface area (Å²) in [7, 11) is -0.328. The predicted molar refractivity (Wildman–Crippen MR) is 98.9 cm³/mol. The molecule has 2 aliphatic rings. The Morgan fingerprint density at radius 1 is 1.00 bits per heavy atom. The molecule has 0 unspecified atom stereocenters. The Morgan fingerprint density at radius 2 is 1.56 bits per heavy atom. The molecule has 2 aliphatic heterocycles. The van der Waals surface area contributed by atoms with Gasteiger partial charge in [-0.3, -0.25) is 0 Å². The Labute approximate surface area is 151 Å². The number of nitrogens with one attached hydrogen (secondary N) is 1. The summed E-state index contributed by atoms with van der Waals surface area (Å²) in [5.74, 6) is 0. The SMILES string of the molecule is CC1(C)OB(c2ccc(CNC3(CO)CCOCC3)cc2)OC1(C)C. The summed E-state index contributed by atoms with van der Waals surface area (Å²) >= 11 is 0. The summed E-state index contributed by atoms with van der Waals surface area (Å²) < 4.78 is 17.6. The maximum atomic E-state index is 9.75. The fourth-order valence-electron chi connectivity index (χ4n) is 3.21. The van der Waals surface area contributed by atoms with Crippen molar-refractivity contribution in [2.24, 2.45) is 0 Å². The smallest absolute Gasteiger partial charge is 0.399 e. The molecular weight excluding hydrogens is 317 g/mol. The fraction of sp³-hybridized carbons (Fsp3) is 0.684. The third-order valence-corrected chi connectivity index (χ3v) is 5.93. The molecule has 25 heavy (non-hydrogen) atoms. The van der Waals surface area contributed by atoms with E-state index in [1.165, 1.54) is 5.56 Å². The predicted octanol–water partition coefficient (Wildman–Crippen LogP) is 1.62. The van der Waals surface area contributed by atoms with E-state index in [0.29, 0.717) is 13.2 Å². The molecule has 0 spiro atoms. The first-order valence-corrected chi connectivity index (χ1v) is 9.15. The van der Waals surface area contributed by atoms with Crippen LogP contribution < -0.4 is 10.8 Å².